The Kier molecular flexibility index (Phi) is 5.50. The third-order valence-corrected chi connectivity index (χ3v) is 5.26. The van der Waals surface area contributed by atoms with E-state index in [0.717, 1.165) is 45.1 Å². The van der Waals surface area contributed by atoms with Gasteiger partial charge in [0.1, 0.15) is 5.82 Å². The minimum Gasteiger partial charge on any atom is -0.367 e. The van der Waals surface area contributed by atoms with Crippen molar-refractivity contribution >= 4 is 17.7 Å². The molecule has 0 spiro atoms. The lowest BCUT2D eigenvalue weighted by Crippen LogP contribution is -2.30. The highest BCUT2D eigenvalue weighted by Gasteiger charge is 2.23. The second kappa shape index (κ2) is 7.79. The SMILES string of the molecule is NC[C@H]1CC[C@H](Nc2nc(NC3CCCC3)ncc2C(N)=O)CC1. The maximum absolute atomic E-state index is 11.7. The Hall–Kier alpha value is -1.89. The fourth-order valence-corrected chi connectivity index (χ4v) is 3.73. The molecule has 2 aliphatic rings. The molecule has 0 saturated heterocycles. The van der Waals surface area contributed by atoms with Gasteiger partial charge in [-0.1, -0.05) is 12.8 Å². The Bertz CT molecular complexity index is 564. The monoisotopic (exact) mass is 332 g/mol. The Morgan fingerprint density at radius 1 is 1.08 bits per heavy atom. The number of hydrogen-bond donors (Lipinski definition) is 4. The number of aromatic nitrogens is 2. The summed E-state index contributed by atoms with van der Waals surface area (Å²) < 4.78 is 0. The van der Waals surface area contributed by atoms with Crippen molar-refractivity contribution < 1.29 is 4.79 Å². The number of nitrogens with one attached hydrogen (secondary N) is 2. The zero-order valence-electron chi connectivity index (χ0n) is 14.1. The number of nitrogens with zero attached hydrogens (tertiary/aromatic N) is 2. The summed E-state index contributed by atoms with van der Waals surface area (Å²) >= 11 is 0. The highest BCUT2D eigenvalue weighted by atomic mass is 16.1. The number of carbonyl (C=O) groups excluding carboxylic acids is 1. The first kappa shape index (κ1) is 17.0. The average Bonchev–Trinajstić information content (AvgIpc) is 3.08. The zero-order valence-corrected chi connectivity index (χ0v) is 14.1. The van der Waals surface area contributed by atoms with Crippen LogP contribution in [0.2, 0.25) is 0 Å². The normalized spacial score (nSPS) is 24.7. The van der Waals surface area contributed by atoms with Crippen LogP contribution in [0.5, 0.6) is 0 Å². The summed E-state index contributed by atoms with van der Waals surface area (Å²) in [7, 11) is 0. The predicted molar refractivity (Wildman–Crippen MR) is 94.9 cm³/mol. The van der Waals surface area contributed by atoms with Gasteiger partial charge in [-0.05, 0) is 51.0 Å². The van der Waals surface area contributed by atoms with Gasteiger partial charge < -0.3 is 22.1 Å². The molecule has 3 rings (SSSR count). The maximum Gasteiger partial charge on any atom is 0.254 e. The number of rotatable bonds is 6. The van der Waals surface area contributed by atoms with Crippen LogP contribution in [0.25, 0.3) is 0 Å². The predicted octanol–water partition coefficient (Wildman–Crippen LogP) is 1.86. The highest BCUT2D eigenvalue weighted by molar-refractivity contribution is 5.97. The molecule has 0 unspecified atom stereocenters. The fraction of sp³-hybridized carbons (Fsp3) is 0.706. The van der Waals surface area contributed by atoms with Gasteiger partial charge in [0.2, 0.25) is 5.95 Å². The molecule has 2 fully saturated rings. The smallest absolute Gasteiger partial charge is 0.254 e. The second-order valence-corrected chi connectivity index (χ2v) is 7.04. The molecule has 1 amide bonds. The minimum atomic E-state index is -0.499. The van der Waals surface area contributed by atoms with Crippen LogP contribution in [0.15, 0.2) is 6.20 Å². The largest absolute Gasteiger partial charge is 0.367 e. The number of amides is 1. The first-order valence-electron chi connectivity index (χ1n) is 9.05. The summed E-state index contributed by atoms with van der Waals surface area (Å²) in [5.41, 5.74) is 11.6. The number of hydrogen-bond acceptors (Lipinski definition) is 6. The van der Waals surface area contributed by atoms with Crippen LogP contribution in [0.1, 0.15) is 61.7 Å². The molecule has 1 aromatic rings. The lowest BCUT2D eigenvalue weighted by Gasteiger charge is -2.29. The van der Waals surface area contributed by atoms with E-state index in [4.69, 9.17) is 11.5 Å². The van der Waals surface area contributed by atoms with Crippen LogP contribution in [0, 0.1) is 5.92 Å². The van der Waals surface area contributed by atoms with Crippen LogP contribution < -0.4 is 22.1 Å². The number of anilines is 2. The average molecular weight is 332 g/mol. The molecule has 132 valence electrons. The first-order chi connectivity index (χ1) is 11.7. The lowest BCUT2D eigenvalue weighted by atomic mass is 9.86. The molecule has 1 heterocycles. The summed E-state index contributed by atoms with van der Waals surface area (Å²) in [6.45, 7) is 0.752. The summed E-state index contributed by atoms with van der Waals surface area (Å²) in [5, 5.41) is 6.78. The molecule has 0 atom stereocenters. The highest BCUT2D eigenvalue weighted by Crippen LogP contribution is 2.27. The molecule has 0 aliphatic heterocycles. The Balaban J connectivity index is 1.70. The zero-order chi connectivity index (χ0) is 16.9. The molecule has 2 saturated carbocycles. The maximum atomic E-state index is 11.7. The number of primary amides is 1. The van der Waals surface area contributed by atoms with Crippen molar-refractivity contribution in [2.75, 3.05) is 17.2 Å². The second-order valence-electron chi connectivity index (χ2n) is 7.04. The minimum absolute atomic E-state index is 0.306. The van der Waals surface area contributed by atoms with Gasteiger partial charge in [0.15, 0.2) is 0 Å². The van der Waals surface area contributed by atoms with Crippen molar-refractivity contribution in [2.45, 2.75) is 63.5 Å². The Morgan fingerprint density at radius 3 is 2.38 bits per heavy atom. The van der Waals surface area contributed by atoms with Gasteiger partial charge in [-0.25, -0.2) is 4.98 Å². The van der Waals surface area contributed by atoms with Gasteiger partial charge >= 0.3 is 0 Å². The fourth-order valence-electron chi connectivity index (χ4n) is 3.73. The quantitative estimate of drug-likeness (QED) is 0.631. The van der Waals surface area contributed by atoms with E-state index in [1.165, 1.54) is 19.0 Å². The van der Waals surface area contributed by atoms with Crippen molar-refractivity contribution in [3.05, 3.63) is 11.8 Å². The van der Waals surface area contributed by atoms with E-state index in [2.05, 4.69) is 20.6 Å². The molecule has 6 N–H and O–H groups in total. The molecule has 0 bridgehead atoms. The summed E-state index contributed by atoms with van der Waals surface area (Å²) in [4.78, 5) is 20.5. The Morgan fingerprint density at radius 2 is 1.75 bits per heavy atom. The number of nitrogens with two attached hydrogens (primary N) is 2. The molecule has 0 aromatic carbocycles. The van der Waals surface area contributed by atoms with Crippen molar-refractivity contribution in [3.8, 4) is 0 Å². The Labute approximate surface area is 143 Å². The van der Waals surface area contributed by atoms with E-state index in [0.29, 0.717) is 35.3 Å². The third-order valence-electron chi connectivity index (χ3n) is 5.26. The van der Waals surface area contributed by atoms with Crippen molar-refractivity contribution in [2.24, 2.45) is 17.4 Å². The van der Waals surface area contributed by atoms with Crippen molar-refractivity contribution in [1.29, 1.82) is 0 Å². The third kappa shape index (κ3) is 4.14. The van der Waals surface area contributed by atoms with Crippen molar-refractivity contribution in [3.63, 3.8) is 0 Å². The van der Waals surface area contributed by atoms with Gasteiger partial charge in [-0.3, -0.25) is 4.79 Å². The van der Waals surface area contributed by atoms with Gasteiger partial charge in [0.25, 0.3) is 5.91 Å². The van der Waals surface area contributed by atoms with E-state index < -0.39 is 5.91 Å². The summed E-state index contributed by atoms with van der Waals surface area (Å²) in [5.74, 6) is 1.24. The topological polar surface area (TPSA) is 119 Å². The van der Waals surface area contributed by atoms with Crippen LogP contribution >= 0.6 is 0 Å². The molecule has 1 aromatic heterocycles. The lowest BCUT2D eigenvalue weighted by molar-refractivity contribution is 0.100. The van der Waals surface area contributed by atoms with E-state index in [1.54, 1.807) is 0 Å². The first-order valence-corrected chi connectivity index (χ1v) is 9.05. The molecular formula is C17H28N6O. The summed E-state index contributed by atoms with van der Waals surface area (Å²) in [6, 6.07) is 0.734. The van der Waals surface area contributed by atoms with Crippen LogP contribution in [0.3, 0.4) is 0 Å². The molecule has 24 heavy (non-hydrogen) atoms. The van der Waals surface area contributed by atoms with Crippen LogP contribution in [0.4, 0.5) is 11.8 Å². The standard InChI is InChI=1S/C17H28N6O/c18-9-11-5-7-13(8-6-11)21-16-14(15(19)24)10-20-17(23-16)22-12-3-1-2-4-12/h10-13H,1-9,18H2,(H2,19,24)(H2,20,21,22,23)/t11-,13-. The van der Waals surface area contributed by atoms with Crippen molar-refractivity contribution in [1.82, 2.24) is 9.97 Å². The van der Waals surface area contributed by atoms with E-state index in [1.807, 2.05) is 0 Å². The molecule has 7 nitrogen and oxygen atoms in total. The van der Waals surface area contributed by atoms with Gasteiger partial charge in [0, 0.05) is 18.3 Å². The molecule has 7 heteroatoms. The van der Waals surface area contributed by atoms with Gasteiger partial charge in [-0.2, -0.15) is 4.98 Å². The van der Waals surface area contributed by atoms with Crippen LogP contribution in [-0.2, 0) is 0 Å². The molecule has 2 aliphatic carbocycles. The molecule has 0 radical (unpaired) electrons. The molecular weight excluding hydrogens is 304 g/mol. The van der Waals surface area contributed by atoms with Crippen LogP contribution in [-0.4, -0.2) is 34.5 Å². The number of carbonyl (C=O) groups is 1. The van der Waals surface area contributed by atoms with Gasteiger partial charge in [0.05, 0.1) is 5.56 Å². The van der Waals surface area contributed by atoms with E-state index in [-0.39, 0.29) is 0 Å². The van der Waals surface area contributed by atoms with E-state index in [9.17, 15) is 4.79 Å². The van der Waals surface area contributed by atoms with Gasteiger partial charge in [-0.15, -0.1) is 0 Å². The van der Waals surface area contributed by atoms with E-state index >= 15 is 0 Å². The summed E-state index contributed by atoms with van der Waals surface area (Å²) in [6.07, 6.45) is 10.6.